The SMILES string of the molecule is COC[C@H](c1ccc(F)c(Cl)c1)N1CCC(COc2cc(F)c(C(=O)NS(C)(=O)=O)cc2C2CC2)CC1. The van der Waals surface area contributed by atoms with E-state index in [1.54, 1.807) is 19.2 Å². The molecule has 1 heterocycles. The number of carbonyl (C=O) groups excluding carboxylic acids is 1. The van der Waals surface area contributed by atoms with Crippen LogP contribution in [0.4, 0.5) is 8.78 Å². The molecule has 1 saturated heterocycles. The Morgan fingerprint density at radius 2 is 1.84 bits per heavy atom. The van der Waals surface area contributed by atoms with E-state index in [-0.39, 0.29) is 28.5 Å². The topological polar surface area (TPSA) is 84.9 Å². The normalized spacial score (nSPS) is 18.0. The summed E-state index contributed by atoms with van der Waals surface area (Å²) in [6.07, 6.45) is 4.36. The van der Waals surface area contributed by atoms with E-state index in [2.05, 4.69) is 4.90 Å². The molecule has 0 bridgehead atoms. The number of rotatable bonds is 10. The van der Waals surface area contributed by atoms with Gasteiger partial charge in [-0.3, -0.25) is 9.69 Å². The number of sulfonamides is 1. The standard InChI is InChI=1S/C26H31ClF2N2O5S/c1-35-15-24(18-5-6-22(28)21(27)11-18)31-9-7-16(8-10-31)14-36-25-13-23(29)20(12-19(25)17-3-4-17)26(32)30-37(2,33)34/h5-6,11-13,16-17,24H,3-4,7-10,14-15H2,1-2H3,(H,30,32)/t24-/m1/s1. The number of carbonyl (C=O) groups is 1. The number of nitrogens with zero attached hydrogens (tertiary/aromatic N) is 1. The smallest absolute Gasteiger partial charge is 0.267 e. The zero-order valence-corrected chi connectivity index (χ0v) is 22.4. The Morgan fingerprint density at radius 3 is 2.43 bits per heavy atom. The number of amides is 1. The molecule has 7 nitrogen and oxygen atoms in total. The van der Waals surface area contributed by atoms with Gasteiger partial charge in [-0.05, 0) is 79.9 Å². The van der Waals surface area contributed by atoms with E-state index in [0.29, 0.717) is 19.0 Å². The average molecular weight is 557 g/mol. The van der Waals surface area contributed by atoms with Crippen molar-refractivity contribution in [3.63, 3.8) is 0 Å². The molecule has 1 amide bonds. The van der Waals surface area contributed by atoms with Crippen molar-refractivity contribution >= 4 is 27.5 Å². The van der Waals surface area contributed by atoms with Crippen molar-refractivity contribution < 1.29 is 31.5 Å². The third-order valence-corrected chi connectivity index (χ3v) is 7.70. The molecule has 2 aliphatic rings. The number of halogens is 3. The molecule has 2 aromatic rings. The quantitative estimate of drug-likeness (QED) is 0.458. The fourth-order valence-electron chi connectivity index (χ4n) is 4.74. The molecule has 1 aliphatic heterocycles. The first kappa shape index (κ1) is 27.8. The lowest BCUT2D eigenvalue weighted by Gasteiger charge is -2.37. The first-order chi connectivity index (χ1) is 17.6. The Balaban J connectivity index is 1.39. The highest BCUT2D eigenvalue weighted by Gasteiger charge is 2.31. The van der Waals surface area contributed by atoms with Crippen molar-refractivity contribution in [2.24, 2.45) is 5.92 Å². The average Bonchev–Trinajstić information content (AvgIpc) is 3.68. The van der Waals surface area contributed by atoms with Gasteiger partial charge in [-0.25, -0.2) is 21.9 Å². The maximum atomic E-state index is 14.7. The van der Waals surface area contributed by atoms with Crippen molar-refractivity contribution in [3.05, 3.63) is 63.7 Å². The van der Waals surface area contributed by atoms with Crippen LogP contribution in [0.2, 0.25) is 5.02 Å². The second-order valence-electron chi connectivity index (χ2n) is 9.78. The van der Waals surface area contributed by atoms with Crippen molar-refractivity contribution in [2.45, 2.75) is 37.6 Å². The van der Waals surface area contributed by atoms with Gasteiger partial charge in [-0.15, -0.1) is 0 Å². The van der Waals surface area contributed by atoms with E-state index >= 15 is 0 Å². The summed E-state index contributed by atoms with van der Waals surface area (Å²) in [6.45, 7) is 2.42. The highest BCUT2D eigenvalue weighted by molar-refractivity contribution is 7.89. The minimum atomic E-state index is -3.81. The van der Waals surface area contributed by atoms with E-state index in [1.807, 2.05) is 4.72 Å². The molecule has 1 saturated carbocycles. The molecule has 37 heavy (non-hydrogen) atoms. The van der Waals surface area contributed by atoms with Gasteiger partial charge in [0.2, 0.25) is 10.0 Å². The fraction of sp³-hybridized carbons (Fsp3) is 0.500. The van der Waals surface area contributed by atoms with Crippen molar-refractivity contribution in [1.29, 1.82) is 0 Å². The van der Waals surface area contributed by atoms with Crippen LogP contribution in [-0.4, -0.2) is 58.9 Å². The van der Waals surface area contributed by atoms with Crippen LogP contribution >= 0.6 is 11.6 Å². The molecular formula is C26H31ClF2N2O5S. The molecule has 0 radical (unpaired) electrons. The van der Waals surface area contributed by atoms with E-state index in [0.717, 1.165) is 56.2 Å². The minimum Gasteiger partial charge on any atom is -0.493 e. The molecule has 11 heteroatoms. The molecule has 2 fully saturated rings. The lowest BCUT2D eigenvalue weighted by molar-refractivity contribution is 0.0556. The van der Waals surface area contributed by atoms with Gasteiger partial charge in [-0.2, -0.15) is 0 Å². The summed E-state index contributed by atoms with van der Waals surface area (Å²) < 4.78 is 64.5. The zero-order chi connectivity index (χ0) is 26.7. The third kappa shape index (κ3) is 7.19. The number of hydrogen-bond donors (Lipinski definition) is 1. The minimum absolute atomic E-state index is 0.0499. The molecule has 1 N–H and O–H groups in total. The van der Waals surface area contributed by atoms with E-state index in [4.69, 9.17) is 21.1 Å². The predicted molar refractivity (Wildman–Crippen MR) is 137 cm³/mol. The number of likely N-dealkylation sites (tertiary alicyclic amines) is 1. The van der Waals surface area contributed by atoms with Crippen LogP contribution in [0.1, 0.15) is 59.1 Å². The summed E-state index contributed by atoms with van der Waals surface area (Å²) in [7, 11) is -2.18. The molecule has 4 rings (SSSR count). The Bertz CT molecular complexity index is 1250. The lowest BCUT2D eigenvalue weighted by Crippen LogP contribution is -2.39. The van der Waals surface area contributed by atoms with Gasteiger partial charge in [0.25, 0.3) is 5.91 Å². The van der Waals surface area contributed by atoms with E-state index in [1.165, 1.54) is 18.2 Å². The number of benzene rings is 2. The molecule has 0 unspecified atom stereocenters. The second kappa shape index (κ2) is 11.6. The number of piperidine rings is 1. The number of ether oxygens (including phenoxy) is 2. The Morgan fingerprint density at radius 1 is 1.14 bits per heavy atom. The summed E-state index contributed by atoms with van der Waals surface area (Å²) in [6, 6.07) is 7.29. The first-order valence-electron chi connectivity index (χ1n) is 12.2. The van der Waals surface area contributed by atoms with Crippen LogP contribution in [0, 0.1) is 17.6 Å². The molecule has 202 valence electrons. The lowest BCUT2D eigenvalue weighted by atomic mass is 9.95. The van der Waals surface area contributed by atoms with Gasteiger partial charge in [0, 0.05) is 13.2 Å². The maximum absolute atomic E-state index is 14.7. The highest BCUT2D eigenvalue weighted by Crippen LogP contribution is 2.45. The molecule has 1 atom stereocenters. The number of methoxy groups -OCH3 is 1. The van der Waals surface area contributed by atoms with Gasteiger partial charge in [0.1, 0.15) is 17.4 Å². The summed E-state index contributed by atoms with van der Waals surface area (Å²) in [5.74, 6) is -1.45. The van der Waals surface area contributed by atoms with E-state index < -0.39 is 27.6 Å². The van der Waals surface area contributed by atoms with Crippen LogP contribution in [-0.2, 0) is 14.8 Å². The predicted octanol–water partition coefficient (Wildman–Crippen LogP) is 4.66. The fourth-order valence-corrected chi connectivity index (χ4v) is 5.37. The van der Waals surface area contributed by atoms with Crippen LogP contribution in [0.25, 0.3) is 0 Å². The Labute approximate surface area is 221 Å². The van der Waals surface area contributed by atoms with Crippen LogP contribution in [0.3, 0.4) is 0 Å². The Hall–Kier alpha value is -2.27. The van der Waals surface area contributed by atoms with Gasteiger partial charge < -0.3 is 9.47 Å². The van der Waals surface area contributed by atoms with Gasteiger partial charge >= 0.3 is 0 Å². The maximum Gasteiger partial charge on any atom is 0.267 e. The Kier molecular flexibility index (Phi) is 8.73. The summed E-state index contributed by atoms with van der Waals surface area (Å²) >= 11 is 6.00. The molecule has 2 aromatic carbocycles. The van der Waals surface area contributed by atoms with Crippen molar-refractivity contribution in [1.82, 2.24) is 9.62 Å². The first-order valence-corrected chi connectivity index (χ1v) is 14.5. The molecule has 0 spiro atoms. The third-order valence-electron chi connectivity index (χ3n) is 6.86. The van der Waals surface area contributed by atoms with E-state index in [9.17, 15) is 22.0 Å². The molecular weight excluding hydrogens is 526 g/mol. The monoisotopic (exact) mass is 556 g/mol. The number of nitrogens with one attached hydrogen (secondary N) is 1. The van der Waals surface area contributed by atoms with Crippen molar-refractivity contribution in [3.8, 4) is 5.75 Å². The van der Waals surface area contributed by atoms with Crippen LogP contribution < -0.4 is 9.46 Å². The van der Waals surface area contributed by atoms with Crippen LogP contribution in [0.5, 0.6) is 5.75 Å². The molecule has 1 aliphatic carbocycles. The van der Waals surface area contributed by atoms with Gasteiger partial charge in [-0.1, -0.05) is 17.7 Å². The second-order valence-corrected chi connectivity index (χ2v) is 11.9. The summed E-state index contributed by atoms with van der Waals surface area (Å²) in [5.41, 5.74) is 1.32. The van der Waals surface area contributed by atoms with Crippen molar-refractivity contribution in [2.75, 3.05) is 39.7 Å². The largest absolute Gasteiger partial charge is 0.493 e. The van der Waals surface area contributed by atoms with Gasteiger partial charge in [0.05, 0.1) is 36.1 Å². The molecule has 0 aromatic heterocycles. The summed E-state index contributed by atoms with van der Waals surface area (Å²) in [4.78, 5) is 14.5. The summed E-state index contributed by atoms with van der Waals surface area (Å²) in [5, 5.41) is 0.0837. The highest BCUT2D eigenvalue weighted by atomic mass is 35.5. The van der Waals surface area contributed by atoms with Gasteiger partial charge in [0.15, 0.2) is 0 Å². The number of hydrogen-bond acceptors (Lipinski definition) is 6. The van der Waals surface area contributed by atoms with Crippen LogP contribution in [0.15, 0.2) is 30.3 Å². The zero-order valence-electron chi connectivity index (χ0n) is 20.8.